The zero-order chi connectivity index (χ0) is 13.2. The predicted octanol–water partition coefficient (Wildman–Crippen LogP) is 2.48. The first-order valence-corrected chi connectivity index (χ1v) is 5.67. The highest BCUT2D eigenvalue weighted by Crippen LogP contribution is 2.26. The fourth-order valence-corrected chi connectivity index (χ4v) is 1.87. The van der Waals surface area contributed by atoms with Crippen LogP contribution >= 0.6 is 11.5 Å². The summed E-state index contributed by atoms with van der Waals surface area (Å²) in [6, 6.07) is 4.87. The molecular formula is C10H8F3N3OS. The first-order chi connectivity index (χ1) is 8.46. The van der Waals surface area contributed by atoms with Gasteiger partial charge in [-0.25, -0.2) is 0 Å². The molecule has 0 amide bonds. The Morgan fingerprint density at radius 2 is 2.11 bits per heavy atom. The van der Waals surface area contributed by atoms with Crippen molar-refractivity contribution in [2.24, 2.45) is 5.73 Å². The van der Waals surface area contributed by atoms with Crippen molar-refractivity contribution in [3.8, 4) is 5.75 Å². The van der Waals surface area contributed by atoms with Gasteiger partial charge in [0, 0.05) is 5.38 Å². The summed E-state index contributed by atoms with van der Waals surface area (Å²) < 4.78 is 43.7. The molecule has 18 heavy (non-hydrogen) atoms. The normalized spacial score (nSPS) is 13.3. The van der Waals surface area contributed by atoms with Crippen molar-refractivity contribution < 1.29 is 17.9 Å². The smallest absolute Gasteiger partial charge is 0.406 e. The lowest BCUT2D eigenvalue weighted by molar-refractivity contribution is -0.274. The van der Waals surface area contributed by atoms with Gasteiger partial charge in [0.15, 0.2) is 0 Å². The zero-order valence-corrected chi connectivity index (χ0v) is 9.70. The standard InChI is InChI=1S/C10H8F3N3OS/c11-10(12,13)17-7-3-1-2-6(4-7)9(14)8-5-18-16-15-8/h1-5,9H,14H2. The lowest BCUT2D eigenvalue weighted by Crippen LogP contribution is -2.18. The molecule has 0 aliphatic carbocycles. The van der Waals surface area contributed by atoms with E-state index in [9.17, 15) is 13.2 Å². The highest BCUT2D eigenvalue weighted by molar-refractivity contribution is 7.03. The van der Waals surface area contributed by atoms with Crippen molar-refractivity contribution in [1.82, 2.24) is 9.59 Å². The fraction of sp³-hybridized carbons (Fsp3) is 0.200. The van der Waals surface area contributed by atoms with Gasteiger partial charge in [-0.1, -0.05) is 16.6 Å². The molecule has 2 N–H and O–H groups in total. The van der Waals surface area contributed by atoms with Crippen molar-refractivity contribution in [2.75, 3.05) is 0 Å². The Bertz CT molecular complexity index is 515. The number of rotatable bonds is 3. The summed E-state index contributed by atoms with van der Waals surface area (Å²) in [4.78, 5) is 0. The van der Waals surface area contributed by atoms with Gasteiger partial charge >= 0.3 is 6.36 Å². The lowest BCUT2D eigenvalue weighted by Gasteiger charge is -2.12. The van der Waals surface area contributed by atoms with E-state index in [1.54, 1.807) is 11.4 Å². The van der Waals surface area contributed by atoms with Crippen LogP contribution in [-0.2, 0) is 0 Å². The molecule has 0 radical (unpaired) electrons. The average Bonchev–Trinajstić information content (AvgIpc) is 2.79. The molecule has 0 bridgehead atoms. The average molecular weight is 275 g/mol. The summed E-state index contributed by atoms with van der Waals surface area (Å²) >= 11 is 1.12. The second kappa shape index (κ2) is 4.91. The van der Waals surface area contributed by atoms with Crippen LogP contribution in [0, 0.1) is 0 Å². The number of benzene rings is 1. The van der Waals surface area contributed by atoms with Gasteiger partial charge in [0.25, 0.3) is 0 Å². The highest BCUT2D eigenvalue weighted by atomic mass is 32.1. The number of nitrogens with two attached hydrogens (primary N) is 1. The molecule has 1 aromatic carbocycles. The SMILES string of the molecule is NC(c1cccc(OC(F)(F)F)c1)c1csnn1. The summed E-state index contributed by atoms with van der Waals surface area (Å²) in [6.45, 7) is 0. The quantitative estimate of drug-likeness (QED) is 0.934. The third-order valence-corrected chi connectivity index (χ3v) is 2.67. The Hall–Kier alpha value is -1.67. The number of halogens is 3. The molecule has 1 heterocycles. The maximum absolute atomic E-state index is 12.1. The molecule has 1 aromatic heterocycles. The Morgan fingerprint density at radius 1 is 1.33 bits per heavy atom. The molecule has 0 fully saturated rings. The molecule has 1 atom stereocenters. The van der Waals surface area contributed by atoms with E-state index in [1.165, 1.54) is 18.2 Å². The number of hydrogen-bond donors (Lipinski definition) is 1. The first-order valence-electron chi connectivity index (χ1n) is 4.84. The van der Waals surface area contributed by atoms with Crippen LogP contribution < -0.4 is 10.5 Å². The molecule has 96 valence electrons. The maximum atomic E-state index is 12.1. The summed E-state index contributed by atoms with van der Waals surface area (Å²) in [5, 5.41) is 5.42. The molecule has 8 heteroatoms. The second-order valence-corrected chi connectivity index (χ2v) is 4.04. The van der Waals surface area contributed by atoms with Gasteiger partial charge in [-0.2, -0.15) is 0 Å². The van der Waals surface area contributed by atoms with E-state index < -0.39 is 12.4 Å². The molecule has 0 spiro atoms. The van der Waals surface area contributed by atoms with Crippen LogP contribution in [0.15, 0.2) is 29.6 Å². The minimum absolute atomic E-state index is 0.307. The van der Waals surface area contributed by atoms with Gasteiger partial charge < -0.3 is 10.5 Å². The third kappa shape index (κ3) is 3.17. The largest absolute Gasteiger partial charge is 0.573 e. The first kappa shape index (κ1) is 12.8. The summed E-state index contributed by atoms with van der Waals surface area (Å²) in [7, 11) is 0. The third-order valence-electron chi connectivity index (χ3n) is 2.15. The summed E-state index contributed by atoms with van der Waals surface area (Å²) in [5.41, 5.74) is 6.84. The Balaban J connectivity index is 2.22. The minimum atomic E-state index is -4.72. The van der Waals surface area contributed by atoms with Gasteiger partial charge in [-0.05, 0) is 29.2 Å². The van der Waals surface area contributed by atoms with Crippen molar-refractivity contribution in [2.45, 2.75) is 12.4 Å². The monoisotopic (exact) mass is 275 g/mol. The van der Waals surface area contributed by atoms with Gasteiger partial charge in [0.1, 0.15) is 5.75 Å². The topological polar surface area (TPSA) is 61.0 Å². The second-order valence-electron chi connectivity index (χ2n) is 3.43. The summed E-state index contributed by atoms with van der Waals surface area (Å²) in [6.07, 6.45) is -4.72. The summed E-state index contributed by atoms with van der Waals surface area (Å²) in [5.74, 6) is -0.307. The molecule has 0 aliphatic heterocycles. The Labute approximate surface area is 104 Å². The van der Waals surface area contributed by atoms with Gasteiger partial charge in [0.2, 0.25) is 0 Å². The van der Waals surface area contributed by atoms with Crippen LogP contribution in [0.25, 0.3) is 0 Å². The molecular weight excluding hydrogens is 267 g/mol. The van der Waals surface area contributed by atoms with Gasteiger partial charge in [0.05, 0.1) is 11.7 Å². The van der Waals surface area contributed by atoms with E-state index in [2.05, 4.69) is 14.3 Å². The van der Waals surface area contributed by atoms with Crippen LogP contribution in [-0.4, -0.2) is 15.9 Å². The number of aromatic nitrogens is 2. The van der Waals surface area contributed by atoms with Crippen molar-refractivity contribution in [3.05, 3.63) is 40.9 Å². The highest BCUT2D eigenvalue weighted by Gasteiger charge is 2.31. The minimum Gasteiger partial charge on any atom is -0.406 e. The van der Waals surface area contributed by atoms with E-state index in [4.69, 9.17) is 5.73 Å². The van der Waals surface area contributed by atoms with E-state index >= 15 is 0 Å². The van der Waals surface area contributed by atoms with Crippen molar-refractivity contribution in [1.29, 1.82) is 0 Å². The molecule has 0 saturated heterocycles. The fourth-order valence-electron chi connectivity index (χ4n) is 1.38. The number of alkyl halides is 3. The van der Waals surface area contributed by atoms with Crippen molar-refractivity contribution >= 4 is 11.5 Å². The van der Waals surface area contributed by atoms with E-state index in [-0.39, 0.29) is 5.75 Å². The Morgan fingerprint density at radius 3 is 2.72 bits per heavy atom. The number of nitrogens with zero attached hydrogens (tertiary/aromatic N) is 2. The van der Waals surface area contributed by atoms with Crippen molar-refractivity contribution in [3.63, 3.8) is 0 Å². The van der Waals surface area contributed by atoms with Crippen LogP contribution in [0.3, 0.4) is 0 Å². The number of hydrogen-bond acceptors (Lipinski definition) is 5. The molecule has 2 rings (SSSR count). The van der Waals surface area contributed by atoms with E-state index in [1.807, 2.05) is 0 Å². The van der Waals surface area contributed by atoms with E-state index in [0.29, 0.717) is 11.3 Å². The molecule has 0 saturated carbocycles. The molecule has 1 unspecified atom stereocenters. The maximum Gasteiger partial charge on any atom is 0.573 e. The molecule has 0 aliphatic rings. The van der Waals surface area contributed by atoms with Crippen LogP contribution in [0.2, 0.25) is 0 Å². The van der Waals surface area contributed by atoms with Crippen LogP contribution in [0.1, 0.15) is 17.3 Å². The Kier molecular flexibility index (Phi) is 3.48. The van der Waals surface area contributed by atoms with E-state index in [0.717, 1.165) is 11.5 Å². The van der Waals surface area contributed by atoms with Crippen LogP contribution in [0.4, 0.5) is 13.2 Å². The van der Waals surface area contributed by atoms with Crippen LogP contribution in [0.5, 0.6) is 5.75 Å². The lowest BCUT2D eigenvalue weighted by atomic mass is 10.1. The van der Waals surface area contributed by atoms with Gasteiger partial charge in [-0.3, -0.25) is 0 Å². The predicted molar refractivity (Wildman–Crippen MR) is 59.1 cm³/mol. The molecule has 2 aromatic rings. The number of ether oxygens (including phenoxy) is 1. The van der Waals surface area contributed by atoms with Gasteiger partial charge in [-0.15, -0.1) is 18.3 Å². The molecule has 4 nitrogen and oxygen atoms in total. The zero-order valence-electron chi connectivity index (χ0n) is 8.89.